The predicted octanol–water partition coefficient (Wildman–Crippen LogP) is 4.59. The smallest absolute Gasteiger partial charge is 0.258 e. The number of amides is 4. The van der Waals surface area contributed by atoms with E-state index in [-0.39, 0.29) is 33.2 Å². The van der Waals surface area contributed by atoms with E-state index in [1.165, 1.54) is 18.2 Å². The molecule has 4 amide bonds. The molecule has 2 heterocycles. The Morgan fingerprint density at radius 2 is 1.49 bits per heavy atom. The van der Waals surface area contributed by atoms with E-state index < -0.39 is 98.2 Å². The maximum absolute atomic E-state index is 14.9. The summed E-state index contributed by atoms with van der Waals surface area (Å²) < 4.78 is 72.0. The van der Waals surface area contributed by atoms with E-state index in [4.69, 9.17) is 34.8 Å². The molecule has 6 rings (SSSR count). The summed E-state index contributed by atoms with van der Waals surface area (Å²) in [6.45, 7) is 0. The second-order valence-corrected chi connectivity index (χ2v) is 11.9. The standard InChI is InChI=1S/C26H14Cl3F5N2O5/c27-12-5-7(37)1-2-9(12)14-8-3-4-10-13(22(39)35-21(10)38)11(8)6-25(28)23(40)36(24(41)26(14,25)29)20-18(33)16(31)15(30)17(32)19(20)34/h1-3,5,10-11,13-14,37H,4,6H2,(H,35,38,39). The van der Waals surface area contributed by atoms with Gasteiger partial charge in [-0.25, -0.2) is 26.9 Å². The molecular weight excluding hydrogens is 622 g/mol. The van der Waals surface area contributed by atoms with Gasteiger partial charge in [-0.3, -0.25) is 24.5 Å². The lowest BCUT2D eigenvalue weighted by molar-refractivity contribution is -0.127. The molecule has 214 valence electrons. The Morgan fingerprint density at radius 1 is 0.878 bits per heavy atom. The average molecular weight is 636 g/mol. The number of anilines is 1. The highest BCUT2D eigenvalue weighted by Gasteiger charge is 2.77. The first-order valence-corrected chi connectivity index (χ1v) is 13.1. The van der Waals surface area contributed by atoms with E-state index in [0.717, 1.165) is 6.07 Å². The average Bonchev–Trinajstić information content (AvgIpc) is 3.29. The van der Waals surface area contributed by atoms with Crippen LogP contribution in [0.3, 0.4) is 0 Å². The van der Waals surface area contributed by atoms with Crippen molar-refractivity contribution >= 4 is 64.1 Å². The first-order chi connectivity index (χ1) is 19.2. The van der Waals surface area contributed by atoms with Crippen LogP contribution in [0, 0.1) is 46.8 Å². The van der Waals surface area contributed by atoms with Crippen LogP contribution in [0.4, 0.5) is 27.6 Å². The number of nitrogens with zero attached hydrogens (tertiary/aromatic N) is 1. The third-order valence-electron chi connectivity index (χ3n) is 8.36. The number of rotatable bonds is 2. The Hall–Kier alpha value is -3.22. The Bertz CT molecular complexity index is 1640. The number of carbonyl (C=O) groups is 4. The summed E-state index contributed by atoms with van der Waals surface area (Å²) in [7, 11) is 0. The number of allylic oxidation sites excluding steroid dienone is 2. The number of halogens is 8. The van der Waals surface area contributed by atoms with Gasteiger partial charge in [-0.2, -0.15) is 0 Å². The second kappa shape index (κ2) is 8.89. The number of fused-ring (bicyclic) bond motifs is 4. The number of benzene rings is 2. The van der Waals surface area contributed by atoms with Crippen LogP contribution >= 0.6 is 34.8 Å². The molecule has 3 fully saturated rings. The highest BCUT2D eigenvalue weighted by molar-refractivity contribution is 6.58. The highest BCUT2D eigenvalue weighted by atomic mass is 35.5. The van der Waals surface area contributed by atoms with Crippen molar-refractivity contribution in [3.63, 3.8) is 0 Å². The van der Waals surface area contributed by atoms with Gasteiger partial charge in [-0.1, -0.05) is 29.3 Å². The van der Waals surface area contributed by atoms with E-state index in [2.05, 4.69) is 5.32 Å². The molecule has 1 saturated carbocycles. The van der Waals surface area contributed by atoms with Crippen molar-refractivity contribution in [3.05, 3.63) is 69.5 Å². The van der Waals surface area contributed by atoms with Crippen LogP contribution in [0.5, 0.6) is 5.75 Å². The molecule has 4 aliphatic rings. The molecule has 2 aromatic rings. The van der Waals surface area contributed by atoms with Crippen LogP contribution in [0.25, 0.3) is 0 Å². The normalized spacial score (nSPS) is 32.5. The van der Waals surface area contributed by atoms with Gasteiger partial charge in [0, 0.05) is 10.9 Å². The zero-order chi connectivity index (χ0) is 29.9. The maximum atomic E-state index is 14.9. The Labute approximate surface area is 241 Å². The molecule has 2 aliphatic heterocycles. The molecular formula is C26H14Cl3F5N2O5. The third-order valence-corrected chi connectivity index (χ3v) is 10.1. The van der Waals surface area contributed by atoms with Crippen molar-refractivity contribution in [3.8, 4) is 5.75 Å². The summed E-state index contributed by atoms with van der Waals surface area (Å²) in [5.74, 6) is -21.6. The van der Waals surface area contributed by atoms with Crippen LogP contribution in [-0.2, 0) is 19.2 Å². The first kappa shape index (κ1) is 27.9. The monoisotopic (exact) mass is 634 g/mol. The lowest BCUT2D eigenvalue weighted by atomic mass is 9.56. The fourth-order valence-corrected chi connectivity index (χ4v) is 7.78. The zero-order valence-electron chi connectivity index (χ0n) is 20.1. The Morgan fingerprint density at radius 3 is 2.10 bits per heavy atom. The Balaban J connectivity index is 1.63. The number of imide groups is 2. The molecule has 0 bridgehead atoms. The van der Waals surface area contributed by atoms with E-state index in [1.807, 2.05) is 0 Å². The summed E-state index contributed by atoms with van der Waals surface area (Å²) in [4.78, 5) is 47.6. The lowest BCUT2D eigenvalue weighted by Crippen LogP contribution is -2.60. The summed E-state index contributed by atoms with van der Waals surface area (Å²) in [5, 5.41) is 11.9. The molecule has 0 aromatic heterocycles. The lowest BCUT2D eigenvalue weighted by Gasteiger charge is -2.50. The van der Waals surface area contributed by atoms with Crippen LogP contribution in [0.1, 0.15) is 24.3 Å². The second-order valence-electron chi connectivity index (χ2n) is 10.3. The van der Waals surface area contributed by atoms with Gasteiger partial charge in [0.1, 0.15) is 11.4 Å². The van der Waals surface area contributed by atoms with E-state index in [9.17, 15) is 46.2 Å². The van der Waals surface area contributed by atoms with Gasteiger partial charge in [0.25, 0.3) is 11.8 Å². The highest BCUT2D eigenvalue weighted by Crippen LogP contribution is 2.66. The summed E-state index contributed by atoms with van der Waals surface area (Å²) in [5.41, 5.74) is -1.62. The topological polar surface area (TPSA) is 104 Å². The number of nitrogens with one attached hydrogen (secondary N) is 1. The SMILES string of the molecule is O=C1NC(=O)C2C1CC=C1C2CC2(Cl)C(=O)N(c3c(F)c(F)c(F)c(F)c3F)C(=O)C2(Cl)C1c1ccc(O)cc1Cl. The third kappa shape index (κ3) is 3.38. The Kier molecular flexibility index (Phi) is 6.05. The van der Waals surface area contributed by atoms with Gasteiger partial charge >= 0.3 is 0 Å². The molecule has 2 aliphatic carbocycles. The number of phenolic OH excluding ortho intramolecular Hbond substituents is 1. The van der Waals surface area contributed by atoms with Crippen molar-refractivity contribution in [1.82, 2.24) is 5.32 Å². The van der Waals surface area contributed by atoms with Crippen molar-refractivity contribution in [2.75, 3.05) is 4.90 Å². The molecule has 7 nitrogen and oxygen atoms in total. The van der Waals surface area contributed by atoms with E-state index >= 15 is 0 Å². The van der Waals surface area contributed by atoms with Gasteiger partial charge in [0.15, 0.2) is 33.0 Å². The summed E-state index contributed by atoms with van der Waals surface area (Å²) >= 11 is 20.2. The molecule has 15 heteroatoms. The fraction of sp³-hybridized carbons (Fsp3) is 0.308. The quantitative estimate of drug-likeness (QED) is 0.126. The van der Waals surface area contributed by atoms with Crippen molar-refractivity contribution in [2.24, 2.45) is 17.8 Å². The molecule has 2 N–H and O–H groups in total. The largest absolute Gasteiger partial charge is 0.508 e. The van der Waals surface area contributed by atoms with Gasteiger partial charge in [0.2, 0.25) is 17.6 Å². The van der Waals surface area contributed by atoms with Gasteiger partial charge in [-0.05, 0) is 36.5 Å². The van der Waals surface area contributed by atoms with E-state index in [0.29, 0.717) is 0 Å². The number of carbonyl (C=O) groups excluding carboxylic acids is 4. The molecule has 6 unspecified atom stereocenters. The van der Waals surface area contributed by atoms with Crippen LogP contribution in [0.2, 0.25) is 5.02 Å². The minimum Gasteiger partial charge on any atom is -0.508 e. The first-order valence-electron chi connectivity index (χ1n) is 12.0. The van der Waals surface area contributed by atoms with Gasteiger partial charge in [0.05, 0.1) is 11.8 Å². The minimum atomic E-state index is -2.68. The number of aromatic hydroxyl groups is 1. The minimum absolute atomic E-state index is 0.00374. The molecule has 2 aromatic carbocycles. The molecule has 6 atom stereocenters. The predicted molar refractivity (Wildman–Crippen MR) is 133 cm³/mol. The van der Waals surface area contributed by atoms with Crippen LogP contribution in [0.15, 0.2) is 29.8 Å². The molecule has 0 radical (unpaired) electrons. The molecule has 2 saturated heterocycles. The fourth-order valence-electron chi connectivity index (χ4n) is 6.57. The number of alkyl halides is 2. The maximum Gasteiger partial charge on any atom is 0.258 e. The molecule has 0 spiro atoms. The van der Waals surface area contributed by atoms with Crippen molar-refractivity contribution in [2.45, 2.75) is 28.5 Å². The molecule has 41 heavy (non-hydrogen) atoms. The van der Waals surface area contributed by atoms with Crippen LogP contribution < -0.4 is 10.2 Å². The number of hydrogen-bond donors (Lipinski definition) is 2. The summed E-state index contributed by atoms with van der Waals surface area (Å²) in [6.07, 6.45) is 0.914. The number of phenols is 1. The van der Waals surface area contributed by atoms with Gasteiger partial charge in [-0.15, -0.1) is 23.2 Å². The zero-order valence-corrected chi connectivity index (χ0v) is 22.4. The van der Waals surface area contributed by atoms with Crippen molar-refractivity contribution < 1.29 is 46.2 Å². The van der Waals surface area contributed by atoms with Crippen molar-refractivity contribution in [1.29, 1.82) is 0 Å². The summed E-state index contributed by atoms with van der Waals surface area (Å²) in [6, 6.07) is 3.50. The van der Waals surface area contributed by atoms with Crippen LogP contribution in [-0.4, -0.2) is 38.5 Å². The van der Waals surface area contributed by atoms with Gasteiger partial charge < -0.3 is 5.11 Å². The number of hydrogen-bond acceptors (Lipinski definition) is 5. The van der Waals surface area contributed by atoms with E-state index in [1.54, 1.807) is 0 Å².